The maximum absolute atomic E-state index is 4.98. The van der Waals surface area contributed by atoms with Crippen molar-refractivity contribution in [3.63, 3.8) is 0 Å². The van der Waals surface area contributed by atoms with E-state index in [1.165, 1.54) is 0 Å². The second-order valence-electron chi connectivity index (χ2n) is 3.93. The first-order valence-corrected chi connectivity index (χ1v) is 5.79. The predicted octanol–water partition coefficient (Wildman–Crippen LogP) is 0.758. The van der Waals surface area contributed by atoms with Crippen molar-refractivity contribution >= 4 is 29.9 Å². The van der Waals surface area contributed by atoms with E-state index in [0.717, 1.165) is 45.0 Å². The van der Waals surface area contributed by atoms with Gasteiger partial charge in [-0.15, -0.1) is 24.0 Å². The molecule has 0 aliphatic rings. The van der Waals surface area contributed by atoms with Gasteiger partial charge in [0, 0.05) is 33.9 Å². The molecule has 0 aromatic carbocycles. The van der Waals surface area contributed by atoms with Gasteiger partial charge in [-0.05, 0) is 33.5 Å². The fourth-order valence-corrected chi connectivity index (χ4v) is 1.25. The van der Waals surface area contributed by atoms with Crippen LogP contribution in [-0.4, -0.2) is 65.4 Å². The van der Waals surface area contributed by atoms with Crippen LogP contribution in [0.3, 0.4) is 0 Å². The van der Waals surface area contributed by atoms with Gasteiger partial charge in [0.05, 0.1) is 0 Å². The van der Waals surface area contributed by atoms with E-state index in [-0.39, 0.29) is 24.0 Å². The minimum atomic E-state index is 0. The molecule has 0 heterocycles. The molecular formula is C11H27IN4O. The fourth-order valence-electron chi connectivity index (χ4n) is 1.25. The second kappa shape index (κ2) is 14.0. The Morgan fingerprint density at radius 2 is 1.76 bits per heavy atom. The topological polar surface area (TPSA) is 48.9 Å². The lowest BCUT2D eigenvalue weighted by atomic mass is 10.4. The third-order valence-electron chi connectivity index (χ3n) is 2.12. The molecule has 0 unspecified atom stereocenters. The molecule has 6 heteroatoms. The van der Waals surface area contributed by atoms with Crippen LogP contribution in [0, 0.1) is 0 Å². The molecule has 0 atom stereocenters. The second-order valence-corrected chi connectivity index (χ2v) is 3.93. The maximum atomic E-state index is 4.98. The van der Waals surface area contributed by atoms with E-state index in [2.05, 4.69) is 34.6 Å². The van der Waals surface area contributed by atoms with Crippen molar-refractivity contribution in [1.29, 1.82) is 0 Å². The Morgan fingerprint density at radius 1 is 1.18 bits per heavy atom. The van der Waals surface area contributed by atoms with Crippen LogP contribution in [0.4, 0.5) is 0 Å². The largest absolute Gasteiger partial charge is 0.385 e. The molecule has 0 saturated heterocycles. The standard InChI is InChI=1S/C11H26N4O.HI/c1-12-11(14-8-6-10-16-4)13-7-5-9-15(2)3;/h5-10H2,1-4H3,(H2,12,13,14);1H. The Hall–Kier alpha value is -0.0800. The average molecular weight is 358 g/mol. The smallest absolute Gasteiger partial charge is 0.190 e. The first-order valence-electron chi connectivity index (χ1n) is 5.79. The van der Waals surface area contributed by atoms with Gasteiger partial charge in [0.25, 0.3) is 0 Å². The van der Waals surface area contributed by atoms with Crippen LogP contribution >= 0.6 is 24.0 Å². The summed E-state index contributed by atoms with van der Waals surface area (Å²) in [6.45, 7) is 3.71. The molecule has 0 radical (unpaired) electrons. The number of guanidine groups is 1. The molecule has 0 saturated carbocycles. The summed E-state index contributed by atoms with van der Waals surface area (Å²) in [6.07, 6.45) is 2.11. The van der Waals surface area contributed by atoms with Gasteiger partial charge in [-0.25, -0.2) is 0 Å². The monoisotopic (exact) mass is 358 g/mol. The zero-order valence-corrected chi connectivity index (χ0v) is 13.8. The highest BCUT2D eigenvalue weighted by Gasteiger charge is 1.96. The number of ether oxygens (including phenoxy) is 1. The molecular weight excluding hydrogens is 331 g/mol. The van der Waals surface area contributed by atoms with Crippen molar-refractivity contribution in [2.24, 2.45) is 4.99 Å². The highest BCUT2D eigenvalue weighted by molar-refractivity contribution is 14.0. The molecule has 17 heavy (non-hydrogen) atoms. The van der Waals surface area contributed by atoms with E-state index < -0.39 is 0 Å². The first-order chi connectivity index (χ1) is 7.70. The van der Waals surface area contributed by atoms with Crippen molar-refractivity contribution in [3.05, 3.63) is 0 Å². The van der Waals surface area contributed by atoms with E-state index in [0.29, 0.717) is 0 Å². The third kappa shape index (κ3) is 13.9. The normalized spacial score (nSPS) is 11.2. The Balaban J connectivity index is 0. The number of nitrogens with one attached hydrogen (secondary N) is 2. The molecule has 2 N–H and O–H groups in total. The van der Waals surface area contributed by atoms with Crippen molar-refractivity contribution in [3.8, 4) is 0 Å². The molecule has 0 bridgehead atoms. The predicted molar refractivity (Wildman–Crippen MR) is 84.4 cm³/mol. The summed E-state index contributed by atoms with van der Waals surface area (Å²) in [5.74, 6) is 0.870. The van der Waals surface area contributed by atoms with Crippen LogP contribution < -0.4 is 10.6 Å². The molecule has 0 spiro atoms. The Kier molecular flexibility index (Phi) is 15.8. The van der Waals surface area contributed by atoms with Crippen LogP contribution in [0.1, 0.15) is 12.8 Å². The fraction of sp³-hybridized carbons (Fsp3) is 0.909. The number of halogens is 1. The maximum Gasteiger partial charge on any atom is 0.190 e. The summed E-state index contributed by atoms with van der Waals surface area (Å²) in [5, 5.41) is 6.51. The Labute approximate surface area is 122 Å². The molecule has 0 aliphatic heterocycles. The summed E-state index contributed by atoms with van der Waals surface area (Å²) in [6, 6.07) is 0. The Morgan fingerprint density at radius 3 is 2.24 bits per heavy atom. The number of methoxy groups -OCH3 is 1. The van der Waals surface area contributed by atoms with Crippen molar-refractivity contribution in [1.82, 2.24) is 15.5 Å². The molecule has 0 aromatic heterocycles. The van der Waals surface area contributed by atoms with Gasteiger partial charge in [0.2, 0.25) is 0 Å². The zero-order valence-electron chi connectivity index (χ0n) is 11.5. The van der Waals surface area contributed by atoms with Crippen LogP contribution in [0.5, 0.6) is 0 Å². The summed E-state index contributed by atoms with van der Waals surface area (Å²) in [7, 11) is 7.67. The molecule has 0 aliphatic carbocycles. The molecule has 104 valence electrons. The van der Waals surface area contributed by atoms with Gasteiger partial charge in [0.15, 0.2) is 5.96 Å². The minimum Gasteiger partial charge on any atom is -0.385 e. The van der Waals surface area contributed by atoms with Gasteiger partial charge in [0.1, 0.15) is 0 Å². The molecule has 0 rings (SSSR count). The number of rotatable bonds is 8. The van der Waals surface area contributed by atoms with Gasteiger partial charge >= 0.3 is 0 Å². The minimum absolute atomic E-state index is 0. The Bertz CT molecular complexity index is 188. The van der Waals surface area contributed by atoms with Crippen LogP contribution in [0.15, 0.2) is 4.99 Å². The van der Waals surface area contributed by atoms with E-state index in [4.69, 9.17) is 4.74 Å². The quantitative estimate of drug-likeness (QED) is 0.291. The third-order valence-corrected chi connectivity index (χ3v) is 2.12. The summed E-state index contributed by atoms with van der Waals surface area (Å²) < 4.78 is 4.98. The van der Waals surface area contributed by atoms with Crippen molar-refractivity contribution < 1.29 is 4.74 Å². The highest BCUT2D eigenvalue weighted by atomic mass is 127. The van der Waals surface area contributed by atoms with E-state index >= 15 is 0 Å². The average Bonchev–Trinajstić information content (AvgIpc) is 2.26. The van der Waals surface area contributed by atoms with Crippen molar-refractivity contribution in [2.45, 2.75) is 12.8 Å². The lowest BCUT2D eigenvalue weighted by Gasteiger charge is -2.13. The van der Waals surface area contributed by atoms with Crippen LogP contribution in [-0.2, 0) is 4.74 Å². The van der Waals surface area contributed by atoms with E-state index in [1.807, 2.05) is 0 Å². The van der Waals surface area contributed by atoms with Crippen molar-refractivity contribution in [2.75, 3.05) is 54.5 Å². The summed E-state index contributed by atoms with van der Waals surface area (Å²) in [4.78, 5) is 6.32. The lowest BCUT2D eigenvalue weighted by Crippen LogP contribution is -2.39. The molecule has 0 fully saturated rings. The van der Waals surface area contributed by atoms with E-state index in [9.17, 15) is 0 Å². The first kappa shape index (κ1) is 19.3. The van der Waals surface area contributed by atoms with E-state index in [1.54, 1.807) is 14.2 Å². The SMILES string of the molecule is CN=C(NCCCOC)NCCCN(C)C.I. The highest BCUT2D eigenvalue weighted by Crippen LogP contribution is 1.82. The zero-order chi connectivity index (χ0) is 12.2. The molecule has 5 nitrogen and oxygen atoms in total. The molecule has 0 aromatic rings. The van der Waals surface area contributed by atoms with Gasteiger partial charge in [-0.3, -0.25) is 4.99 Å². The van der Waals surface area contributed by atoms with Crippen LogP contribution in [0.25, 0.3) is 0 Å². The number of aliphatic imine (C=N–C) groups is 1. The van der Waals surface area contributed by atoms with Gasteiger partial charge < -0.3 is 20.3 Å². The molecule has 0 amide bonds. The lowest BCUT2D eigenvalue weighted by molar-refractivity contribution is 0.195. The van der Waals surface area contributed by atoms with Gasteiger partial charge in [-0.1, -0.05) is 0 Å². The summed E-state index contributed by atoms with van der Waals surface area (Å²) in [5.41, 5.74) is 0. The number of hydrogen-bond acceptors (Lipinski definition) is 3. The summed E-state index contributed by atoms with van der Waals surface area (Å²) >= 11 is 0. The number of nitrogens with zero attached hydrogens (tertiary/aromatic N) is 2. The number of hydrogen-bond donors (Lipinski definition) is 2. The van der Waals surface area contributed by atoms with Gasteiger partial charge in [-0.2, -0.15) is 0 Å². The van der Waals surface area contributed by atoms with Crippen LogP contribution in [0.2, 0.25) is 0 Å².